The van der Waals surface area contributed by atoms with Crippen LogP contribution in [0.3, 0.4) is 0 Å². The summed E-state index contributed by atoms with van der Waals surface area (Å²) in [5.74, 6) is 0.313. The highest BCUT2D eigenvalue weighted by molar-refractivity contribution is 7.11. The van der Waals surface area contributed by atoms with E-state index >= 15 is 0 Å². The van der Waals surface area contributed by atoms with Gasteiger partial charge in [0.15, 0.2) is 0 Å². The topological polar surface area (TPSA) is 62.4 Å². The van der Waals surface area contributed by atoms with Crippen molar-refractivity contribution in [3.8, 4) is 11.1 Å². The maximum absolute atomic E-state index is 12.7. The maximum atomic E-state index is 12.7. The van der Waals surface area contributed by atoms with Crippen molar-refractivity contribution < 1.29 is 13.9 Å². The number of aliphatic hydroxyl groups is 1. The van der Waals surface area contributed by atoms with Gasteiger partial charge in [0.25, 0.3) is 6.43 Å². The molecule has 0 aliphatic rings. The first-order valence-corrected chi connectivity index (χ1v) is 6.85. The number of aromatic nitrogens is 1. The number of benzene rings is 1. The molecule has 1 aromatic heterocycles. The molecular formula is C13H15F2N3OS. The maximum Gasteiger partial charge on any atom is 0.255 e. The van der Waals surface area contributed by atoms with E-state index in [0.717, 1.165) is 17.1 Å². The van der Waals surface area contributed by atoms with Gasteiger partial charge < -0.3 is 15.7 Å². The quantitative estimate of drug-likeness (QED) is 0.860. The Balaban J connectivity index is 2.41. The van der Waals surface area contributed by atoms with Crippen molar-refractivity contribution in [2.24, 2.45) is 0 Å². The molecule has 1 heterocycles. The fraction of sp³-hybridized carbons (Fsp3) is 0.308. The average molecular weight is 299 g/mol. The Morgan fingerprint density at radius 1 is 1.30 bits per heavy atom. The third-order valence-corrected chi connectivity index (χ3v) is 3.70. The molecule has 2 aromatic rings. The lowest BCUT2D eigenvalue weighted by Gasteiger charge is -2.22. The Bertz CT molecular complexity index is 548. The van der Waals surface area contributed by atoms with Gasteiger partial charge in [-0.2, -0.15) is 4.37 Å². The van der Waals surface area contributed by atoms with Crippen LogP contribution in [0.2, 0.25) is 0 Å². The highest BCUT2D eigenvalue weighted by Crippen LogP contribution is 2.39. The summed E-state index contributed by atoms with van der Waals surface area (Å²) >= 11 is 1.07. The van der Waals surface area contributed by atoms with Gasteiger partial charge in [-0.15, -0.1) is 0 Å². The fourth-order valence-electron chi connectivity index (χ4n) is 1.95. The van der Waals surface area contributed by atoms with Crippen molar-refractivity contribution in [2.45, 2.75) is 6.43 Å². The number of anilines is 2. The fourth-order valence-corrected chi connectivity index (χ4v) is 2.82. The minimum atomic E-state index is -2.49. The predicted molar refractivity (Wildman–Crippen MR) is 77.3 cm³/mol. The first-order chi connectivity index (χ1) is 9.63. The Labute approximate surface area is 119 Å². The molecule has 3 N–H and O–H groups in total. The van der Waals surface area contributed by atoms with Gasteiger partial charge in [-0.3, -0.25) is 0 Å². The molecule has 7 heteroatoms. The Morgan fingerprint density at radius 2 is 2.00 bits per heavy atom. The molecule has 0 fully saturated rings. The number of nitrogen functional groups attached to an aromatic ring is 1. The van der Waals surface area contributed by atoms with E-state index in [1.807, 2.05) is 30.3 Å². The minimum Gasteiger partial charge on any atom is -0.395 e. The van der Waals surface area contributed by atoms with Crippen LogP contribution in [-0.2, 0) is 0 Å². The number of halogens is 2. The van der Waals surface area contributed by atoms with Crippen molar-refractivity contribution in [3.05, 3.63) is 30.3 Å². The highest BCUT2D eigenvalue weighted by Gasteiger charge is 2.21. The molecule has 2 rings (SSSR count). The number of aliphatic hydroxyl groups excluding tert-OH is 1. The van der Waals surface area contributed by atoms with Gasteiger partial charge in [0, 0.05) is 6.54 Å². The second kappa shape index (κ2) is 6.62. The van der Waals surface area contributed by atoms with E-state index in [0.29, 0.717) is 16.4 Å². The van der Waals surface area contributed by atoms with Crippen molar-refractivity contribution in [3.63, 3.8) is 0 Å². The molecule has 0 saturated carbocycles. The smallest absolute Gasteiger partial charge is 0.255 e. The van der Waals surface area contributed by atoms with Crippen LogP contribution in [0.25, 0.3) is 11.1 Å². The number of nitrogens with two attached hydrogens (primary N) is 1. The summed E-state index contributed by atoms with van der Waals surface area (Å²) in [5.41, 5.74) is 7.33. The summed E-state index contributed by atoms with van der Waals surface area (Å²) in [6, 6.07) is 9.26. The van der Waals surface area contributed by atoms with E-state index in [9.17, 15) is 8.78 Å². The number of alkyl halides is 2. The first-order valence-electron chi connectivity index (χ1n) is 6.08. The van der Waals surface area contributed by atoms with Crippen LogP contribution in [0.15, 0.2) is 30.3 Å². The summed E-state index contributed by atoms with van der Waals surface area (Å²) in [4.78, 5) is 1.42. The summed E-state index contributed by atoms with van der Waals surface area (Å²) in [7, 11) is 0. The molecule has 0 aliphatic heterocycles. The van der Waals surface area contributed by atoms with Crippen molar-refractivity contribution in [2.75, 3.05) is 30.3 Å². The lowest BCUT2D eigenvalue weighted by Crippen LogP contribution is -2.31. The largest absolute Gasteiger partial charge is 0.395 e. The molecule has 0 aliphatic carbocycles. The normalized spacial score (nSPS) is 11.0. The SMILES string of the molecule is Nc1nsc(N(CCO)CC(F)F)c1-c1ccccc1. The zero-order chi connectivity index (χ0) is 14.5. The van der Waals surface area contributed by atoms with E-state index in [1.54, 1.807) is 0 Å². The summed E-state index contributed by atoms with van der Waals surface area (Å²) in [6.07, 6.45) is -2.49. The molecule has 0 spiro atoms. The molecule has 0 saturated heterocycles. The van der Waals surface area contributed by atoms with Gasteiger partial charge in [0.05, 0.1) is 18.7 Å². The highest BCUT2D eigenvalue weighted by atomic mass is 32.1. The molecule has 0 atom stereocenters. The van der Waals surface area contributed by atoms with Crippen LogP contribution < -0.4 is 10.6 Å². The van der Waals surface area contributed by atoms with E-state index in [2.05, 4.69) is 4.37 Å². The van der Waals surface area contributed by atoms with Gasteiger partial charge in [0.1, 0.15) is 10.8 Å². The van der Waals surface area contributed by atoms with Gasteiger partial charge >= 0.3 is 0 Å². The monoisotopic (exact) mass is 299 g/mol. The van der Waals surface area contributed by atoms with E-state index in [-0.39, 0.29) is 13.2 Å². The minimum absolute atomic E-state index is 0.117. The second-order valence-corrected chi connectivity index (χ2v) is 4.93. The van der Waals surface area contributed by atoms with Gasteiger partial charge in [-0.05, 0) is 17.1 Å². The Hall–Kier alpha value is -1.73. The number of nitrogens with zero attached hydrogens (tertiary/aromatic N) is 2. The first kappa shape index (κ1) is 14.7. The third-order valence-electron chi connectivity index (χ3n) is 2.78. The number of hydrogen-bond acceptors (Lipinski definition) is 5. The molecule has 1 aromatic carbocycles. The summed E-state index contributed by atoms with van der Waals surface area (Å²) in [5, 5.41) is 9.60. The van der Waals surface area contributed by atoms with Crippen molar-refractivity contribution in [1.29, 1.82) is 0 Å². The van der Waals surface area contributed by atoms with Crippen LogP contribution in [-0.4, -0.2) is 35.6 Å². The van der Waals surface area contributed by atoms with Crippen LogP contribution in [0.4, 0.5) is 19.6 Å². The van der Waals surface area contributed by atoms with E-state index in [1.165, 1.54) is 4.90 Å². The van der Waals surface area contributed by atoms with Crippen LogP contribution in [0.1, 0.15) is 0 Å². The Morgan fingerprint density at radius 3 is 2.60 bits per heavy atom. The summed E-state index contributed by atoms with van der Waals surface area (Å²) < 4.78 is 29.4. The molecule has 4 nitrogen and oxygen atoms in total. The molecule has 0 amide bonds. The van der Waals surface area contributed by atoms with Crippen LogP contribution >= 0.6 is 11.5 Å². The van der Waals surface area contributed by atoms with Crippen LogP contribution in [0, 0.1) is 0 Å². The molecular weight excluding hydrogens is 284 g/mol. The zero-order valence-electron chi connectivity index (χ0n) is 10.7. The third kappa shape index (κ3) is 3.23. The lowest BCUT2D eigenvalue weighted by atomic mass is 10.1. The molecule has 0 unspecified atom stereocenters. The molecule has 0 bridgehead atoms. The Kier molecular flexibility index (Phi) is 4.86. The van der Waals surface area contributed by atoms with Gasteiger partial charge in [-0.1, -0.05) is 30.3 Å². The number of hydrogen-bond donors (Lipinski definition) is 2. The average Bonchev–Trinajstić information content (AvgIpc) is 2.80. The molecule has 0 radical (unpaired) electrons. The lowest BCUT2D eigenvalue weighted by molar-refractivity contribution is 0.153. The summed E-state index contributed by atoms with van der Waals surface area (Å²) in [6.45, 7) is -0.549. The van der Waals surface area contributed by atoms with E-state index in [4.69, 9.17) is 10.8 Å². The standard InChI is InChI=1S/C13H15F2N3OS/c14-10(15)8-18(6-7-19)13-11(12(16)17-20-13)9-4-2-1-3-5-9/h1-5,10,19H,6-8H2,(H2,16,17). The van der Waals surface area contributed by atoms with Gasteiger partial charge in [0.2, 0.25) is 0 Å². The second-order valence-electron chi connectivity index (χ2n) is 4.17. The van der Waals surface area contributed by atoms with Gasteiger partial charge in [-0.25, -0.2) is 8.78 Å². The molecule has 20 heavy (non-hydrogen) atoms. The van der Waals surface area contributed by atoms with E-state index < -0.39 is 13.0 Å². The number of rotatable bonds is 6. The van der Waals surface area contributed by atoms with Crippen LogP contribution in [0.5, 0.6) is 0 Å². The van der Waals surface area contributed by atoms with Crippen molar-refractivity contribution >= 4 is 22.4 Å². The predicted octanol–water partition coefficient (Wildman–Crippen LogP) is 2.46. The molecule has 108 valence electrons. The zero-order valence-corrected chi connectivity index (χ0v) is 11.5. The van der Waals surface area contributed by atoms with Crippen molar-refractivity contribution in [1.82, 2.24) is 4.37 Å².